The van der Waals surface area contributed by atoms with E-state index in [0.717, 1.165) is 6.42 Å². The van der Waals surface area contributed by atoms with E-state index in [2.05, 4.69) is 20.8 Å². The molecule has 3 heteroatoms. The maximum atomic E-state index is 9.49. The highest BCUT2D eigenvalue weighted by Gasteiger charge is 2.26. The smallest absolute Gasteiger partial charge is 0.111 e. The van der Waals surface area contributed by atoms with Crippen LogP contribution in [-0.4, -0.2) is 34.1 Å². The molecule has 0 aliphatic heterocycles. The topological polar surface area (TPSA) is 60.7 Å². The van der Waals surface area contributed by atoms with Crippen molar-refractivity contribution in [1.82, 2.24) is 0 Å². The maximum Gasteiger partial charge on any atom is 0.111 e. The van der Waals surface area contributed by atoms with Gasteiger partial charge in [-0.1, -0.05) is 20.8 Å². The monoisotopic (exact) mass is 176 g/mol. The predicted octanol–water partition coefficient (Wildman–Crippen LogP) is 0.528. The number of aliphatic hydroxyl groups is 3. The van der Waals surface area contributed by atoms with Crippen molar-refractivity contribution in [3.63, 3.8) is 0 Å². The molecule has 0 fully saturated rings. The van der Waals surface area contributed by atoms with E-state index in [1.54, 1.807) is 0 Å². The highest BCUT2D eigenvalue weighted by atomic mass is 16.4. The Balaban J connectivity index is 3.89. The average molecular weight is 176 g/mol. The van der Waals surface area contributed by atoms with Crippen molar-refractivity contribution >= 4 is 0 Å². The second-order valence-electron chi connectivity index (χ2n) is 4.60. The van der Waals surface area contributed by atoms with Crippen LogP contribution < -0.4 is 0 Å². The Morgan fingerprint density at radius 3 is 1.58 bits per heavy atom. The lowest BCUT2D eigenvalue weighted by molar-refractivity contribution is -0.0657. The van der Waals surface area contributed by atoms with Crippen LogP contribution in [0.15, 0.2) is 0 Å². The van der Waals surface area contributed by atoms with E-state index >= 15 is 0 Å². The molecule has 74 valence electrons. The number of rotatable bonds is 4. The lowest BCUT2D eigenvalue weighted by Crippen LogP contribution is -2.38. The fourth-order valence-electron chi connectivity index (χ4n) is 0.816. The molecule has 0 heterocycles. The van der Waals surface area contributed by atoms with Gasteiger partial charge in [-0.3, -0.25) is 0 Å². The Morgan fingerprint density at radius 2 is 1.33 bits per heavy atom. The minimum absolute atomic E-state index is 0.123. The summed E-state index contributed by atoms with van der Waals surface area (Å²) < 4.78 is 0. The van der Waals surface area contributed by atoms with Gasteiger partial charge in [0.05, 0.1) is 13.2 Å². The van der Waals surface area contributed by atoms with Gasteiger partial charge >= 0.3 is 0 Å². The SMILES string of the molecule is CC(C)(C)CCC(O)(CO)CO. The number of hydrogen-bond donors (Lipinski definition) is 3. The lowest BCUT2D eigenvalue weighted by atomic mass is 9.85. The average Bonchev–Trinajstić information content (AvgIpc) is 1.99. The van der Waals surface area contributed by atoms with Crippen molar-refractivity contribution in [1.29, 1.82) is 0 Å². The van der Waals surface area contributed by atoms with Gasteiger partial charge in [0.1, 0.15) is 5.60 Å². The molecule has 0 saturated carbocycles. The third-order valence-corrected chi connectivity index (χ3v) is 1.93. The Kier molecular flexibility index (Phi) is 4.17. The van der Waals surface area contributed by atoms with Crippen molar-refractivity contribution < 1.29 is 15.3 Å². The molecule has 0 aliphatic carbocycles. The molecule has 0 saturated heterocycles. The van der Waals surface area contributed by atoms with Crippen molar-refractivity contribution in [3.8, 4) is 0 Å². The molecule has 12 heavy (non-hydrogen) atoms. The van der Waals surface area contributed by atoms with Gasteiger partial charge in [-0.15, -0.1) is 0 Å². The molecular weight excluding hydrogens is 156 g/mol. The summed E-state index contributed by atoms with van der Waals surface area (Å²) in [5.74, 6) is 0. The van der Waals surface area contributed by atoms with E-state index in [4.69, 9.17) is 10.2 Å². The quantitative estimate of drug-likeness (QED) is 0.585. The van der Waals surface area contributed by atoms with Crippen molar-refractivity contribution in [2.24, 2.45) is 5.41 Å². The third kappa shape index (κ3) is 4.70. The van der Waals surface area contributed by atoms with Crippen LogP contribution in [0.5, 0.6) is 0 Å². The van der Waals surface area contributed by atoms with Crippen molar-refractivity contribution in [2.75, 3.05) is 13.2 Å². The molecule has 0 spiro atoms. The molecule has 3 nitrogen and oxygen atoms in total. The number of hydrogen-bond acceptors (Lipinski definition) is 3. The highest BCUT2D eigenvalue weighted by Crippen LogP contribution is 2.25. The van der Waals surface area contributed by atoms with Crippen LogP contribution >= 0.6 is 0 Å². The maximum absolute atomic E-state index is 9.49. The van der Waals surface area contributed by atoms with Crippen LogP contribution in [0.4, 0.5) is 0 Å². The fourth-order valence-corrected chi connectivity index (χ4v) is 0.816. The Morgan fingerprint density at radius 1 is 0.917 bits per heavy atom. The first-order chi connectivity index (χ1) is 5.33. The summed E-state index contributed by atoms with van der Waals surface area (Å²) in [6.07, 6.45) is 1.22. The van der Waals surface area contributed by atoms with Gasteiger partial charge in [-0.25, -0.2) is 0 Å². The van der Waals surface area contributed by atoms with Crippen LogP contribution in [0.2, 0.25) is 0 Å². The molecule has 0 aliphatic rings. The molecule has 0 atom stereocenters. The Bertz CT molecular complexity index is 122. The third-order valence-electron chi connectivity index (χ3n) is 1.93. The second-order valence-corrected chi connectivity index (χ2v) is 4.60. The van der Waals surface area contributed by atoms with Crippen molar-refractivity contribution in [3.05, 3.63) is 0 Å². The molecule has 0 rings (SSSR count). The summed E-state index contributed by atoms with van der Waals surface area (Å²) in [7, 11) is 0. The van der Waals surface area contributed by atoms with Crippen LogP contribution in [0.25, 0.3) is 0 Å². The molecule has 0 aromatic carbocycles. The van der Waals surface area contributed by atoms with Gasteiger partial charge in [-0.2, -0.15) is 0 Å². The highest BCUT2D eigenvalue weighted by molar-refractivity contribution is 4.78. The van der Waals surface area contributed by atoms with Crippen LogP contribution in [-0.2, 0) is 0 Å². The van der Waals surface area contributed by atoms with E-state index in [-0.39, 0.29) is 18.6 Å². The minimum atomic E-state index is -1.30. The number of aliphatic hydroxyl groups excluding tert-OH is 2. The standard InChI is InChI=1S/C9H20O3/c1-8(2,3)4-5-9(12,6-10)7-11/h10-12H,4-7H2,1-3H3. The summed E-state index contributed by atoms with van der Waals surface area (Å²) in [6, 6.07) is 0. The first kappa shape index (κ1) is 11.9. The van der Waals surface area contributed by atoms with Gasteiger partial charge in [0.2, 0.25) is 0 Å². The fraction of sp³-hybridized carbons (Fsp3) is 1.00. The lowest BCUT2D eigenvalue weighted by Gasteiger charge is -2.27. The van der Waals surface area contributed by atoms with E-state index in [0.29, 0.717) is 6.42 Å². The predicted molar refractivity (Wildman–Crippen MR) is 47.8 cm³/mol. The summed E-state index contributed by atoms with van der Waals surface area (Å²) in [6.45, 7) is 5.42. The van der Waals surface area contributed by atoms with Gasteiger partial charge in [0.25, 0.3) is 0 Å². The minimum Gasteiger partial charge on any atom is -0.393 e. The molecular formula is C9H20O3. The van der Waals surface area contributed by atoms with Crippen LogP contribution in [0.3, 0.4) is 0 Å². The van der Waals surface area contributed by atoms with E-state index in [1.165, 1.54) is 0 Å². The zero-order valence-corrected chi connectivity index (χ0v) is 8.17. The van der Waals surface area contributed by atoms with Crippen LogP contribution in [0.1, 0.15) is 33.6 Å². The van der Waals surface area contributed by atoms with Gasteiger partial charge in [-0.05, 0) is 18.3 Å². The molecule has 0 aromatic heterocycles. The van der Waals surface area contributed by atoms with E-state index in [9.17, 15) is 5.11 Å². The zero-order chi connectivity index (χ0) is 9.83. The van der Waals surface area contributed by atoms with Gasteiger partial charge in [0.15, 0.2) is 0 Å². The first-order valence-corrected chi connectivity index (χ1v) is 4.27. The molecule has 0 amide bonds. The molecule has 0 aromatic rings. The van der Waals surface area contributed by atoms with Gasteiger partial charge in [0, 0.05) is 0 Å². The van der Waals surface area contributed by atoms with Gasteiger partial charge < -0.3 is 15.3 Å². The first-order valence-electron chi connectivity index (χ1n) is 4.27. The molecule has 0 bridgehead atoms. The van der Waals surface area contributed by atoms with E-state index < -0.39 is 5.60 Å². The molecule has 3 N–H and O–H groups in total. The largest absolute Gasteiger partial charge is 0.393 e. The summed E-state index contributed by atoms with van der Waals surface area (Å²) in [5, 5.41) is 27.0. The molecule has 0 unspecified atom stereocenters. The van der Waals surface area contributed by atoms with E-state index in [1.807, 2.05) is 0 Å². The molecule has 0 radical (unpaired) electrons. The summed E-state index contributed by atoms with van der Waals surface area (Å²) >= 11 is 0. The second kappa shape index (κ2) is 4.21. The summed E-state index contributed by atoms with van der Waals surface area (Å²) in [4.78, 5) is 0. The van der Waals surface area contributed by atoms with Crippen LogP contribution in [0, 0.1) is 5.41 Å². The normalized spacial score (nSPS) is 13.5. The Hall–Kier alpha value is -0.120. The summed E-state index contributed by atoms with van der Waals surface area (Å²) in [5.41, 5.74) is -1.18. The van der Waals surface area contributed by atoms with Crippen molar-refractivity contribution in [2.45, 2.75) is 39.2 Å². The Labute approximate surface area is 74.0 Å². The zero-order valence-electron chi connectivity index (χ0n) is 8.17.